The molecule has 2 aliphatic heterocycles. The molecular weight excluding hydrogens is 400 g/mol. The second-order valence-corrected chi connectivity index (χ2v) is 7.44. The summed E-state index contributed by atoms with van der Waals surface area (Å²) in [6.45, 7) is 2.99. The Morgan fingerprint density at radius 2 is 1.97 bits per heavy atom. The first kappa shape index (κ1) is 19.1. The fourth-order valence-electron chi connectivity index (χ4n) is 3.73. The van der Waals surface area contributed by atoms with Crippen LogP contribution >= 0.6 is 0 Å². The van der Waals surface area contributed by atoms with Gasteiger partial charge in [-0.25, -0.2) is 0 Å². The smallest absolute Gasteiger partial charge is 0.229 e. The number of nitrogens with one attached hydrogen (secondary N) is 1. The van der Waals surface area contributed by atoms with Gasteiger partial charge >= 0.3 is 0 Å². The summed E-state index contributed by atoms with van der Waals surface area (Å²) in [7, 11) is 0. The highest BCUT2D eigenvalue weighted by Gasteiger charge is 2.35. The number of rotatable bonds is 4. The summed E-state index contributed by atoms with van der Waals surface area (Å²) < 4.78 is 16.1. The number of ether oxygens (including phenoxy) is 2. The Bertz CT molecular complexity index is 1160. The topological polar surface area (TPSA) is 107 Å². The van der Waals surface area contributed by atoms with Crippen LogP contribution in [0.3, 0.4) is 0 Å². The van der Waals surface area contributed by atoms with Gasteiger partial charge in [0.1, 0.15) is 13.2 Å². The van der Waals surface area contributed by atoms with E-state index in [1.807, 2.05) is 24.3 Å². The molecule has 1 fully saturated rings. The maximum Gasteiger partial charge on any atom is 0.229 e. The van der Waals surface area contributed by atoms with Crippen molar-refractivity contribution in [2.24, 2.45) is 5.92 Å². The molecule has 1 aromatic heterocycles. The van der Waals surface area contributed by atoms with E-state index in [9.17, 15) is 9.59 Å². The largest absolute Gasteiger partial charge is 0.486 e. The fraction of sp³-hybridized carbons (Fsp3) is 0.273. The minimum absolute atomic E-state index is 0.108. The Kier molecular flexibility index (Phi) is 4.78. The maximum absolute atomic E-state index is 12.8. The zero-order valence-electron chi connectivity index (χ0n) is 16.8. The van der Waals surface area contributed by atoms with Crippen molar-refractivity contribution in [2.75, 3.05) is 30.0 Å². The van der Waals surface area contributed by atoms with E-state index >= 15 is 0 Å². The average Bonchev–Trinajstić information content (AvgIpc) is 3.39. The molecule has 0 aliphatic carbocycles. The standard InChI is InChI=1S/C22H20N4O5/c1-13-23-21(25-31-13)14-3-2-4-17(9-14)26-12-15(10-20(26)27)22(28)24-16-5-6-18-19(11-16)30-8-7-29-18/h2-6,9,11,15H,7-8,10,12H2,1H3,(H,24,28)/t15-/m1/s1. The summed E-state index contributed by atoms with van der Waals surface area (Å²) in [6.07, 6.45) is 0.141. The number of anilines is 2. The molecule has 0 saturated carbocycles. The van der Waals surface area contributed by atoms with Crippen LogP contribution in [0.5, 0.6) is 11.5 Å². The molecule has 0 spiro atoms. The first-order valence-corrected chi connectivity index (χ1v) is 9.98. The van der Waals surface area contributed by atoms with Crippen LogP contribution in [0.25, 0.3) is 11.4 Å². The van der Waals surface area contributed by atoms with E-state index in [0.29, 0.717) is 54.3 Å². The maximum atomic E-state index is 12.8. The van der Waals surface area contributed by atoms with Crippen LogP contribution in [0.15, 0.2) is 47.0 Å². The number of aryl methyl sites for hydroxylation is 1. The third-order valence-corrected chi connectivity index (χ3v) is 5.25. The SMILES string of the molecule is Cc1nc(-c2cccc(N3C[C@H](C(=O)Nc4ccc5c(c4)OCCO5)CC3=O)c2)no1. The lowest BCUT2D eigenvalue weighted by Crippen LogP contribution is -2.28. The molecule has 0 radical (unpaired) electrons. The molecule has 9 heteroatoms. The Balaban J connectivity index is 1.29. The Morgan fingerprint density at radius 1 is 1.13 bits per heavy atom. The van der Waals surface area contributed by atoms with Gasteiger partial charge in [0.05, 0.1) is 5.92 Å². The van der Waals surface area contributed by atoms with E-state index in [1.54, 1.807) is 30.0 Å². The molecule has 1 atom stereocenters. The number of aromatic nitrogens is 2. The average molecular weight is 420 g/mol. The van der Waals surface area contributed by atoms with Crippen LogP contribution in [0, 0.1) is 12.8 Å². The summed E-state index contributed by atoms with van der Waals surface area (Å²) in [6, 6.07) is 12.6. The van der Waals surface area contributed by atoms with E-state index in [1.165, 1.54) is 0 Å². The van der Waals surface area contributed by atoms with Crippen molar-refractivity contribution in [3.63, 3.8) is 0 Å². The summed E-state index contributed by atoms with van der Waals surface area (Å²) >= 11 is 0. The molecule has 2 amide bonds. The van der Waals surface area contributed by atoms with Gasteiger partial charge in [-0.2, -0.15) is 4.98 Å². The molecule has 31 heavy (non-hydrogen) atoms. The lowest BCUT2D eigenvalue weighted by Gasteiger charge is -2.19. The number of benzene rings is 2. The molecule has 0 bridgehead atoms. The number of hydrogen-bond donors (Lipinski definition) is 1. The van der Waals surface area contributed by atoms with Gasteiger partial charge in [0, 0.05) is 42.9 Å². The highest BCUT2D eigenvalue weighted by Crippen LogP contribution is 2.33. The molecule has 3 heterocycles. The van der Waals surface area contributed by atoms with Gasteiger partial charge in [-0.05, 0) is 24.3 Å². The third kappa shape index (κ3) is 3.81. The van der Waals surface area contributed by atoms with E-state index < -0.39 is 5.92 Å². The Hall–Kier alpha value is -3.88. The molecule has 158 valence electrons. The highest BCUT2D eigenvalue weighted by molar-refractivity contribution is 6.03. The molecule has 2 aliphatic rings. The van der Waals surface area contributed by atoms with Crippen molar-refractivity contribution in [3.05, 3.63) is 48.4 Å². The molecule has 3 aromatic rings. The third-order valence-electron chi connectivity index (χ3n) is 5.25. The van der Waals surface area contributed by atoms with Crippen molar-refractivity contribution in [1.82, 2.24) is 10.1 Å². The monoisotopic (exact) mass is 420 g/mol. The van der Waals surface area contributed by atoms with E-state index in [4.69, 9.17) is 14.0 Å². The van der Waals surface area contributed by atoms with Crippen LogP contribution in [0.1, 0.15) is 12.3 Å². The van der Waals surface area contributed by atoms with Gasteiger partial charge in [-0.1, -0.05) is 17.3 Å². The lowest BCUT2D eigenvalue weighted by atomic mass is 10.1. The van der Waals surface area contributed by atoms with Gasteiger partial charge in [-0.3, -0.25) is 9.59 Å². The predicted molar refractivity (Wildman–Crippen MR) is 111 cm³/mol. The number of hydrogen-bond acceptors (Lipinski definition) is 7. The molecular formula is C22H20N4O5. The van der Waals surface area contributed by atoms with E-state index in [-0.39, 0.29) is 18.2 Å². The van der Waals surface area contributed by atoms with Crippen LogP contribution in [0.2, 0.25) is 0 Å². The van der Waals surface area contributed by atoms with Gasteiger partial charge in [-0.15, -0.1) is 0 Å². The lowest BCUT2D eigenvalue weighted by molar-refractivity contribution is -0.122. The van der Waals surface area contributed by atoms with Crippen molar-refractivity contribution in [2.45, 2.75) is 13.3 Å². The quantitative estimate of drug-likeness (QED) is 0.692. The molecule has 5 rings (SSSR count). The fourth-order valence-corrected chi connectivity index (χ4v) is 3.73. The van der Waals surface area contributed by atoms with Crippen molar-refractivity contribution in [3.8, 4) is 22.9 Å². The van der Waals surface area contributed by atoms with Crippen molar-refractivity contribution >= 4 is 23.2 Å². The predicted octanol–water partition coefficient (Wildman–Crippen LogP) is 2.81. The van der Waals surface area contributed by atoms with Crippen molar-refractivity contribution < 1.29 is 23.6 Å². The first-order valence-electron chi connectivity index (χ1n) is 9.98. The van der Waals surface area contributed by atoms with Crippen LogP contribution in [-0.4, -0.2) is 41.7 Å². The minimum atomic E-state index is -0.461. The van der Waals surface area contributed by atoms with Crippen LogP contribution < -0.4 is 19.7 Å². The Labute approximate surface area is 177 Å². The minimum Gasteiger partial charge on any atom is -0.486 e. The first-order chi connectivity index (χ1) is 15.1. The number of carbonyl (C=O) groups excluding carboxylic acids is 2. The Morgan fingerprint density at radius 3 is 2.77 bits per heavy atom. The molecule has 1 saturated heterocycles. The van der Waals surface area contributed by atoms with E-state index in [0.717, 1.165) is 5.56 Å². The van der Waals surface area contributed by atoms with Crippen LogP contribution in [-0.2, 0) is 9.59 Å². The number of nitrogens with zero attached hydrogens (tertiary/aromatic N) is 3. The van der Waals surface area contributed by atoms with Gasteiger partial charge in [0.15, 0.2) is 11.5 Å². The second kappa shape index (κ2) is 7.75. The summed E-state index contributed by atoms with van der Waals surface area (Å²) in [4.78, 5) is 31.3. The molecule has 0 unspecified atom stereocenters. The number of carbonyl (C=O) groups is 2. The molecule has 1 N–H and O–H groups in total. The van der Waals surface area contributed by atoms with E-state index in [2.05, 4.69) is 15.5 Å². The van der Waals surface area contributed by atoms with Gasteiger partial charge in [0.25, 0.3) is 0 Å². The molecule has 2 aromatic carbocycles. The second-order valence-electron chi connectivity index (χ2n) is 7.44. The summed E-state index contributed by atoms with van der Waals surface area (Å²) in [5.74, 6) is 1.40. The zero-order valence-corrected chi connectivity index (χ0v) is 16.8. The highest BCUT2D eigenvalue weighted by atomic mass is 16.6. The van der Waals surface area contributed by atoms with Gasteiger partial charge < -0.3 is 24.2 Å². The number of amides is 2. The summed E-state index contributed by atoms with van der Waals surface area (Å²) in [5.41, 5.74) is 2.04. The van der Waals surface area contributed by atoms with Crippen molar-refractivity contribution in [1.29, 1.82) is 0 Å². The number of fused-ring (bicyclic) bond motifs is 1. The zero-order chi connectivity index (χ0) is 21.4. The molecule has 9 nitrogen and oxygen atoms in total. The van der Waals surface area contributed by atoms with Gasteiger partial charge in [0.2, 0.25) is 23.5 Å². The normalized spacial score (nSPS) is 17.6. The van der Waals surface area contributed by atoms with Crippen LogP contribution in [0.4, 0.5) is 11.4 Å². The summed E-state index contributed by atoms with van der Waals surface area (Å²) in [5, 5.41) is 6.80.